The van der Waals surface area contributed by atoms with Gasteiger partial charge in [0.15, 0.2) is 0 Å². The Morgan fingerprint density at radius 1 is 1.50 bits per heavy atom. The highest BCUT2D eigenvalue weighted by Crippen LogP contribution is 2.19. The predicted molar refractivity (Wildman–Crippen MR) is 73.0 cm³/mol. The van der Waals surface area contributed by atoms with Gasteiger partial charge < -0.3 is 11.1 Å². The zero-order valence-corrected chi connectivity index (χ0v) is 11.2. The van der Waals surface area contributed by atoms with Crippen LogP contribution in [0.25, 0.3) is 0 Å². The summed E-state index contributed by atoms with van der Waals surface area (Å²) in [7, 11) is 0. The van der Waals surface area contributed by atoms with Crippen LogP contribution < -0.4 is 11.1 Å². The number of amides is 1. The number of benzene rings is 1. The summed E-state index contributed by atoms with van der Waals surface area (Å²) in [6.07, 6.45) is 0.347. The third kappa shape index (κ3) is 5.21. The molecule has 0 aliphatic carbocycles. The van der Waals surface area contributed by atoms with Crippen LogP contribution in [-0.2, 0) is 4.79 Å². The Labute approximate surface area is 112 Å². The number of nitrogens with one attached hydrogen (secondary N) is 1. The molecule has 5 heteroatoms. The van der Waals surface area contributed by atoms with Crippen LogP contribution in [0.4, 0.5) is 0 Å². The molecule has 0 aliphatic rings. The molecular formula is C13H17N3OS. The van der Waals surface area contributed by atoms with Gasteiger partial charge in [-0.1, -0.05) is 12.1 Å². The second kappa shape index (κ2) is 7.75. The average Bonchev–Trinajstić information content (AvgIpc) is 2.37. The summed E-state index contributed by atoms with van der Waals surface area (Å²) >= 11 is 1.47. The first-order valence-corrected chi connectivity index (χ1v) is 6.74. The maximum absolute atomic E-state index is 11.4. The number of nitrogens with zero attached hydrogens (tertiary/aromatic N) is 1. The highest BCUT2D eigenvalue weighted by atomic mass is 32.2. The van der Waals surface area contributed by atoms with Crippen molar-refractivity contribution in [1.82, 2.24) is 5.32 Å². The van der Waals surface area contributed by atoms with Crippen LogP contribution in [0.1, 0.15) is 24.9 Å². The van der Waals surface area contributed by atoms with E-state index in [-0.39, 0.29) is 11.9 Å². The minimum Gasteiger partial charge on any atom is -0.354 e. The third-order valence-electron chi connectivity index (χ3n) is 2.33. The summed E-state index contributed by atoms with van der Waals surface area (Å²) in [6, 6.07) is 9.88. The van der Waals surface area contributed by atoms with E-state index in [1.807, 2.05) is 37.3 Å². The SMILES string of the molecule is CC(N)c1ccc(SCC(=O)NCCC#N)cc1. The van der Waals surface area contributed by atoms with E-state index >= 15 is 0 Å². The quantitative estimate of drug-likeness (QED) is 0.606. The molecule has 1 aromatic rings. The van der Waals surface area contributed by atoms with E-state index in [2.05, 4.69) is 5.32 Å². The molecule has 1 rings (SSSR count). The van der Waals surface area contributed by atoms with Crippen molar-refractivity contribution in [2.24, 2.45) is 5.73 Å². The Hall–Kier alpha value is -1.51. The van der Waals surface area contributed by atoms with Gasteiger partial charge in [0.25, 0.3) is 0 Å². The molecule has 4 nitrogen and oxygen atoms in total. The molecule has 0 saturated carbocycles. The van der Waals surface area contributed by atoms with E-state index in [4.69, 9.17) is 11.0 Å². The van der Waals surface area contributed by atoms with Crippen LogP contribution in [0.3, 0.4) is 0 Å². The minimum atomic E-state index is -0.0495. The highest BCUT2D eigenvalue weighted by molar-refractivity contribution is 8.00. The van der Waals surface area contributed by atoms with Crippen LogP contribution in [0.15, 0.2) is 29.2 Å². The number of thioether (sulfide) groups is 1. The second-order valence-electron chi connectivity index (χ2n) is 3.90. The Kier molecular flexibility index (Phi) is 6.26. The topological polar surface area (TPSA) is 78.9 Å². The molecule has 0 heterocycles. The summed E-state index contributed by atoms with van der Waals surface area (Å²) < 4.78 is 0. The van der Waals surface area contributed by atoms with E-state index < -0.39 is 0 Å². The molecular weight excluding hydrogens is 246 g/mol. The third-order valence-corrected chi connectivity index (χ3v) is 3.35. The largest absolute Gasteiger partial charge is 0.354 e. The van der Waals surface area contributed by atoms with E-state index in [9.17, 15) is 4.79 Å². The molecule has 3 N–H and O–H groups in total. The fraction of sp³-hybridized carbons (Fsp3) is 0.385. The molecule has 0 bridgehead atoms. The predicted octanol–water partition coefficient (Wildman–Crippen LogP) is 1.83. The van der Waals surface area contributed by atoms with Gasteiger partial charge in [0.1, 0.15) is 0 Å². The van der Waals surface area contributed by atoms with Gasteiger partial charge in [-0.25, -0.2) is 0 Å². The van der Waals surface area contributed by atoms with Crippen molar-refractivity contribution in [1.29, 1.82) is 5.26 Å². The van der Waals surface area contributed by atoms with Gasteiger partial charge in [0, 0.05) is 17.5 Å². The average molecular weight is 263 g/mol. The van der Waals surface area contributed by atoms with Gasteiger partial charge in [-0.15, -0.1) is 11.8 Å². The normalized spacial score (nSPS) is 11.6. The van der Waals surface area contributed by atoms with Gasteiger partial charge >= 0.3 is 0 Å². The van der Waals surface area contributed by atoms with Crippen LogP contribution in [-0.4, -0.2) is 18.2 Å². The lowest BCUT2D eigenvalue weighted by Crippen LogP contribution is -2.25. The molecule has 0 spiro atoms. The summed E-state index contributed by atoms with van der Waals surface area (Å²) in [5.74, 6) is 0.315. The summed E-state index contributed by atoms with van der Waals surface area (Å²) in [5, 5.41) is 11.0. The van der Waals surface area contributed by atoms with E-state index in [1.54, 1.807) is 0 Å². The lowest BCUT2D eigenvalue weighted by molar-refractivity contribution is -0.118. The van der Waals surface area contributed by atoms with Crippen LogP contribution >= 0.6 is 11.8 Å². The molecule has 1 amide bonds. The van der Waals surface area contributed by atoms with Crippen molar-refractivity contribution in [2.45, 2.75) is 24.3 Å². The molecule has 1 unspecified atom stereocenters. The summed E-state index contributed by atoms with van der Waals surface area (Å²) in [6.45, 7) is 2.35. The maximum Gasteiger partial charge on any atom is 0.230 e. The van der Waals surface area contributed by atoms with Crippen molar-refractivity contribution >= 4 is 17.7 Å². The molecule has 0 radical (unpaired) electrons. The maximum atomic E-state index is 11.4. The van der Waals surface area contributed by atoms with Crippen LogP contribution in [0.5, 0.6) is 0 Å². The van der Waals surface area contributed by atoms with E-state index in [1.165, 1.54) is 11.8 Å². The molecule has 96 valence electrons. The molecule has 1 aromatic carbocycles. The van der Waals surface area contributed by atoms with Crippen molar-refractivity contribution in [2.75, 3.05) is 12.3 Å². The van der Waals surface area contributed by atoms with Crippen molar-refractivity contribution < 1.29 is 4.79 Å². The van der Waals surface area contributed by atoms with Crippen LogP contribution in [0, 0.1) is 11.3 Å². The van der Waals surface area contributed by atoms with Crippen molar-refractivity contribution in [3.8, 4) is 6.07 Å². The van der Waals surface area contributed by atoms with E-state index in [0.717, 1.165) is 10.5 Å². The zero-order valence-electron chi connectivity index (χ0n) is 10.3. The smallest absolute Gasteiger partial charge is 0.230 e. The van der Waals surface area contributed by atoms with Gasteiger partial charge in [0.2, 0.25) is 5.91 Å². The first-order chi connectivity index (χ1) is 8.63. The van der Waals surface area contributed by atoms with Gasteiger partial charge in [-0.2, -0.15) is 5.26 Å². The Morgan fingerprint density at radius 2 is 2.17 bits per heavy atom. The van der Waals surface area contributed by atoms with Gasteiger partial charge in [-0.3, -0.25) is 4.79 Å². The summed E-state index contributed by atoms with van der Waals surface area (Å²) in [5.41, 5.74) is 6.84. The summed E-state index contributed by atoms with van der Waals surface area (Å²) in [4.78, 5) is 12.4. The number of carbonyl (C=O) groups excluding carboxylic acids is 1. The Balaban J connectivity index is 2.35. The standard InChI is InChI=1S/C13H17N3OS/c1-10(15)11-3-5-12(6-4-11)18-9-13(17)16-8-2-7-14/h3-6,10H,2,8-9,15H2,1H3,(H,16,17). The molecule has 0 aromatic heterocycles. The second-order valence-corrected chi connectivity index (χ2v) is 4.95. The first-order valence-electron chi connectivity index (χ1n) is 5.75. The lowest BCUT2D eigenvalue weighted by Gasteiger charge is -2.07. The number of hydrogen-bond acceptors (Lipinski definition) is 4. The number of nitriles is 1. The lowest BCUT2D eigenvalue weighted by atomic mass is 10.1. The molecule has 0 fully saturated rings. The fourth-order valence-corrected chi connectivity index (χ4v) is 2.05. The number of carbonyl (C=O) groups is 1. The molecule has 1 atom stereocenters. The molecule has 0 saturated heterocycles. The van der Waals surface area contributed by atoms with Gasteiger partial charge in [-0.05, 0) is 24.6 Å². The fourth-order valence-electron chi connectivity index (χ4n) is 1.33. The number of nitrogens with two attached hydrogens (primary N) is 1. The van der Waals surface area contributed by atoms with Crippen LogP contribution in [0.2, 0.25) is 0 Å². The monoisotopic (exact) mass is 263 g/mol. The Morgan fingerprint density at radius 3 is 2.72 bits per heavy atom. The van der Waals surface area contributed by atoms with E-state index in [0.29, 0.717) is 18.7 Å². The minimum absolute atomic E-state index is 0.0262. The zero-order chi connectivity index (χ0) is 13.4. The Bertz CT molecular complexity index is 423. The first kappa shape index (κ1) is 14.6. The van der Waals surface area contributed by atoms with Crippen molar-refractivity contribution in [3.05, 3.63) is 29.8 Å². The van der Waals surface area contributed by atoms with Gasteiger partial charge in [0.05, 0.1) is 18.2 Å². The van der Waals surface area contributed by atoms with Crippen molar-refractivity contribution in [3.63, 3.8) is 0 Å². The highest BCUT2D eigenvalue weighted by Gasteiger charge is 2.03. The number of hydrogen-bond donors (Lipinski definition) is 2. The molecule has 0 aliphatic heterocycles. The molecule has 18 heavy (non-hydrogen) atoms. The number of rotatable bonds is 6.